The fourth-order valence-electron chi connectivity index (χ4n) is 3.99. The molecule has 120 valence electrons. The predicted molar refractivity (Wildman–Crippen MR) is 83.4 cm³/mol. The number of hydrogen-bond donors (Lipinski definition) is 1. The molecule has 21 heavy (non-hydrogen) atoms. The standard InChI is InChI=1S/C15H25N3O2.ClH/c1-11(19)17-4-6-18(7-5-17)15(20)10-12-8-13-2-3-14(9-12)16-13;/h12-14,16H,2-10H2,1H3;1H. The molecule has 3 aliphatic rings. The summed E-state index contributed by atoms with van der Waals surface area (Å²) in [5, 5.41) is 3.62. The Morgan fingerprint density at radius 2 is 1.52 bits per heavy atom. The number of nitrogens with zero attached hydrogens (tertiary/aromatic N) is 2. The Bertz CT molecular complexity index is 384. The van der Waals surface area contributed by atoms with Gasteiger partial charge >= 0.3 is 0 Å². The SMILES string of the molecule is CC(=O)N1CCN(C(=O)CC2CC3CCC(C2)N3)CC1.Cl. The van der Waals surface area contributed by atoms with Crippen molar-refractivity contribution in [1.29, 1.82) is 0 Å². The molecular formula is C15H26ClN3O2. The maximum Gasteiger partial charge on any atom is 0.222 e. The molecule has 2 amide bonds. The zero-order valence-electron chi connectivity index (χ0n) is 12.7. The van der Waals surface area contributed by atoms with Gasteiger partial charge in [-0.2, -0.15) is 0 Å². The number of halogens is 1. The maximum absolute atomic E-state index is 12.4. The molecule has 2 atom stereocenters. The van der Waals surface area contributed by atoms with Crippen molar-refractivity contribution >= 4 is 24.2 Å². The van der Waals surface area contributed by atoms with E-state index < -0.39 is 0 Å². The van der Waals surface area contributed by atoms with E-state index in [1.54, 1.807) is 6.92 Å². The number of hydrogen-bond acceptors (Lipinski definition) is 3. The van der Waals surface area contributed by atoms with E-state index >= 15 is 0 Å². The van der Waals surface area contributed by atoms with Crippen molar-refractivity contribution in [3.63, 3.8) is 0 Å². The van der Waals surface area contributed by atoms with E-state index in [0.29, 0.717) is 56.5 Å². The third-order valence-corrected chi connectivity index (χ3v) is 5.11. The fourth-order valence-corrected chi connectivity index (χ4v) is 3.99. The number of amides is 2. The minimum Gasteiger partial charge on any atom is -0.339 e. The summed E-state index contributed by atoms with van der Waals surface area (Å²) in [6.45, 7) is 4.39. The molecule has 3 rings (SSSR count). The molecule has 0 aliphatic carbocycles. The highest BCUT2D eigenvalue weighted by atomic mass is 35.5. The van der Waals surface area contributed by atoms with Crippen LogP contribution in [-0.2, 0) is 9.59 Å². The van der Waals surface area contributed by atoms with Gasteiger partial charge in [-0.25, -0.2) is 0 Å². The first-order chi connectivity index (χ1) is 9.61. The summed E-state index contributed by atoms with van der Waals surface area (Å²) >= 11 is 0. The number of rotatable bonds is 2. The maximum atomic E-state index is 12.4. The molecule has 3 aliphatic heterocycles. The first-order valence-electron chi connectivity index (χ1n) is 7.91. The van der Waals surface area contributed by atoms with E-state index in [9.17, 15) is 9.59 Å². The topological polar surface area (TPSA) is 52.7 Å². The van der Waals surface area contributed by atoms with Gasteiger partial charge in [0.15, 0.2) is 0 Å². The second-order valence-electron chi connectivity index (χ2n) is 6.57. The Balaban J connectivity index is 0.00000161. The highest BCUT2D eigenvalue weighted by molar-refractivity contribution is 5.85. The summed E-state index contributed by atoms with van der Waals surface area (Å²) in [5.41, 5.74) is 0. The van der Waals surface area contributed by atoms with E-state index in [1.165, 1.54) is 12.8 Å². The molecular weight excluding hydrogens is 290 g/mol. The van der Waals surface area contributed by atoms with Crippen LogP contribution in [0.25, 0.3) is 0 Å². The van der Waals surface area contributed by atoms with Crippen LogP contribution in [0.4, 0.5) is 0 Å². The summed E-state index contributed by atoms with van der Waals surface area (Å²) in [5.74, 6) is 0.971. The van der Waals surface area contributed by atoms with Crippen molar-refractivity contribution in [3.05, 3.63) is 0 Å². The molecule has 2 unspecified atom stereocenters. The first kappa shape index (κ1) is 16.6. The van der Waals surface area contributed by atoms with Gasteiger partial charge < -0.3 is 15.1 Å². The summed E-state index contributed by atoms with van der Waals surface area (Å²) in [6, 6.07) is 1.31. The first-order valence-corrected chi connectivity index (χ1v) is 7.91. The van der Waals surface area contributed by atoms with Crippen molar-refractivity contribution in [2.45, 2.75) is 51.1 Å². The molecule has 5 nitrogen and oxygen atoms in total. The van der Waals surface area contributed by atoms with Crippen LogP contribution >= 0.6 is 12.4 Å². The van der Waals surface area contributed by atoms with Crippen molar-refractivity contribution < 1.29 is 9.59 Å². The van der Waals surface area contributed by atoms with Crippen LogP contribution in [0.3, 0.4) is 0 Å². The molecule has 0 aromatic carbocycles. The summed E-state index contributed by atoms with van der Waals surface area (Å²) in [6.07, 6.45) is 5.60. The largest absolute Gasteiger partial charge is 0.339 e. The number of nitrogens with one attached hydrogen (secondary N) is 1. The highest BCUT2D eigenvalue weighted by Crippen LogP contribution is 2.33. The van der Waals surface area contributed by atoms with E-state index in [-0.39, 0.29) is 18.3 Å². The van der Waals surface area contributed by atoms with Gasteiger partial charge in [-0.1, -0.05) is 0 Å². The molecule has 0 saturated carbocycles. The minimum atomic E-state index is 0. The lowest BCUT2D eigenvalue weighted by atomic mass is 9.89. The molecule has 3 fully saturated rings. The molecule has 1 N–H and O–H groups in total. The second-order valence-corrected chi connectivity index (χ2v) is 6.57. The Morgan fingerprint density at radius 1 is 1.00 bits per heavy atom. The zero-order valence-corrected chi connectivity index (χ0v) is 13.5. The van der Waals surface area contributed by atoms with Crippen molar-refractivity contribution in [3.8, 4) is 0 Å². The van der Waals surface area contributed by atoms with Crippen LogP contribution in [0, 0.1) is 5.92 Å². The molecule has 3 heterocycles. The van der Waals surface area contributed by atoms with Gasteiger partial charge in [0.25, 0.3) is 0 Å². The molecule has 3 saturated heterocycles. The molecule has 0 aromatic heterocycles. The number of carbonyl (C=O) groups excluding carboxylic acids is 2. The monoisotopic (exact) mass is 315 g/mol. The quantitative estimate of drug-likeness (QED) is 0.828. The predicted octanol–water partition coefficient (Wildman–Crippen LogP) is 1.02. The number of carbonyl (C=O) groups is 2. The number of piperidine rings is 1. The highest BCUT2D eigenvalue weighted by Gasteiger charge is 2.35. The summed E-state index contributed by atoms with van der Waals surface area (Å²) in [4.78, 5) is 27.4. The Morgan fingerprint density at radius 3 is 2.05 bits per heavy atom. The lowest BCUT2D eigenvalue weighted by Crippen LogP contribution is -2.50. The van der Waals surface area contributed by atoms with Gasteiger partial charge in [-0.3, -0.25) is 9.59 Å². The number of piperazine rings is 1. The van der Waals surface area contributed by atoms with Gasteiger partial charge in [-0.05, 0) is 31.6 Å². The normalized spacial score (nSPS) is 31.8. The average molecular weight is 316 g/mol. The molecule has 0 aromatic rings. The lowest BCUT2D eigenvalue weighted by molar-refractivity contribution is -0.139. The molecule has 0 spiro atoms. The van der Waals surface area contributed by atoms with Crippen LogP contribution < -0.4 is 5.32 Å². The Labute approximate surface area is 132 Å². The Hall–Kier alpha value is -0.810. The lowest BCUT2D eigenvalue weighted by Gasteiger charge is -2.36. The number of fused-ring (bicyclic) bond motifs is 2. The summed E-state index contributed by atoms with van der Waals surface area (Å²) < 4.78 is 0. The van der Waals surface area contributed by atoms with Crippen LogP contribution in [0.5, 0.6) is 0 Å². The van der Waals surface area contributed by atoms with Gasteiger partial charge in [0, 0.05) is 51.6 Å². The van der Waals surface area contributed by atoms with Gasteiger partial charge in [0.1, 0.15) is 0 Å². The average Bonchev–Trinajstić information content (AvgIpc) is 2.78. The van der Waals surface area contributed by atoms with Crippen LogP contribution in [0.15, 0.2) is 0 Å². The molecule has 6 heteroatoms. The van der Waals surface area contributed by atoms with Crippen LogP contribution in [0.2, 0.25) is 0 Å². The van der Waals surface area contributed by atoms with Crippen LogP contribution in [-0.4, -0.2) is 59.9 Å². The van der Waals surface area contributed by atoms with Crippen molar-refractivity contribution in [2.75, 3.05) is 26.2 Å². The molecule has 2 bridgehead atoms. The van der Waals surface area contributed by atoms with Crippen molar-refractivity contribution in [1.82, 2.24) is 15.1 Å². The van der Waals surface area contributed by atoms with E-state index in [4.69, 9.17) is 0 Å². The molecule has 0 radical (unpaired) electrons. The minimum absolute atomic E-state index is 0. The van der Waals surface area contributed by atoms with Gasteiger partial charge in [0.2, 0.25) is 11.8 Å². The fraction of sp³-hybridized carbons (Fsp3) is 0.867. The third-order valence-electron chi connectivity index (χ3n) is 5.11. The smallest absolute Gasteiger partial charge is 0.222 e. The van der Waals surface area contributed by atoms with E-state index in [1.807, 2.05) is 9.80 Å². The third kappa shape index (κ3) is 3.89. The van der Waals surface area contributed by atoms with E-state index in [0.717, 1.165) is 12.8 Å². The second kappa shape index (κ2) is 6.97. The van der Waals surface area contributed by atoms with Crippen LogP contribution in [0.1, 0.15) is 39.0 Å². The summed E-state index contributed by atoms with van der Waals surface area (Å²) in [7, 11) is 0. The Kier molecular flexibility index (Phi) is 5.49. The zero-order chi connectivity index (χ0) is 14.1. The van der Waals surface area contributed by atoms with Crippen molar-refractivity contribution in [2.24, 2.45) is 5.92 Å². The van der Waals surface area contributed by atoms with Gasteiger partial charge in [0.05, 0.1) is 0 Å². The van der Waals surface area contributed by atoms with E-state index in [2.05, 4.69) is 5.32 Å². The van der Waals surface area contributed by atoms with Gasteiger partial charge in [-0.15, -0.1) is 12.4 Å².